The smallest absolute Gasteiger partial charge is 0.156 e. The van der Waals surface area contributed by atoms with Crippen LogP contribution in [0.25, 0.3) is 5.65 Å². The number of anilines is 1. The number of imidazole rings is 1. The highest BCUT2D eigenvalue weighted by Crippen LogP contribution is 2.15. The summed E-state index contributed by atoms with van der Waals surface area (Å²) in [6.07, 6.45) is 0. The van der Waals surface area contributed by atoms with E-state index in [2.05, 4.69) is 15.4 Å². The summed E-state index contributed by atoms with van der Waals surface area (Å²) >= 11 is 5.76. The summed E-state index contributed by atoms with van der Waals surface area (Å²) in [5, 5.41) is 7.58. The molecule has 0 unspecified atom stereocenters. The minimum atomic E-state index is 0.468. The van der Waals surface area contributed by atoms with Crippen molar-refractivity contribution >= 4 is 23.1 Å². The third-order valence-corrected chi connectivity index (χ3v) is 2.11. The first-order chi connectivity index (χ1) is 6.22. The minimum Gasteiger partial charge on any atom is -0.372 e. The monoisotopic (exact) mass is 196 g/mol. The number of aryl methyl sites for hydroxylation is 1. The number of rotatable bonds is 1. The van der Waals surface area contributed by atoms with Crippen LogP contribution in [-0.4, -0.2) is 21.6 Å². The first kappa shape index (κ1) is 8.31. The molecule has 2 heterocycles. The molecule has 5 heteroatoms. The van der Waals surface area contributed by atoms with Gasteiger partial charge in [-0.2, -0.15) is 5.10 Å². The van der Waals surface area contributed by atoms with Crippen LogP contribution < -0.4 is 5.32 Å². The molecule has 0 aromatic carbocycles. The number of hydrogen-bond acceptors (Lipinski definition) is 3. The Labute approximate surface area is 80.5 Å². The molecule has 2 rings (SSSR count). The van der Waals surface area contributed by atoms with Gasteiger partial charge in [0.1, 0.15) is 11.0 Å². The van der Waals surface area contributed by atoms with Gasteiger partial charge >= 0.3 is 0 Å². The van der Waals surface area contributed by atoms with E-state index in [0.717, 1.165) is 17.2 Å². The zero-order valence-electron chi connectivity index (χ0n) is 7.37. The van der Waals surface area contributed by atoms with Gasteiger partial charge in [-0.1, -0.05) is 11.6 Å². The van der Waals surface area contributed by atoms with Crippen molar-refractivity contribution in [1.29, 1.82) is 0 Å². The largest absolute Gasteiger partial charge is 0.372 e. The highest BCUT2D eigenvalue weighted by Gasteiger charge is 2.06. The summed E-state index contributed by atoms with van der Waals surface area (Å²) in [7, 11) is 1.83. The zero-order chi connectivity index (χ0) is 9.42. The van der Waals surface area contributed by atoms with Crippen molar-refractivity contribution < 1.29 is 0 Å². The lowest BCUT2D eigenvalue weighted by Crippen LogP contribution is -1.95. The van der Waals surface area contributed by atoms with Gasteiger partial charge in [-0.3, -0.25) is 0 Å². The number of nitrogens with zero attached hydrogens (tertiary/aromatic N) is 3. The summed E-state index contributed by atoms with van der Waals surface area (Å²) < 4.78 is 1.72. The van der Waals surface area contributed by atoms with E-state index in [0.29, 0.717) is 5.15 Å². The highest BCUT2D eigenvalue weighted by molar-refractivity contribution is 6.29. The summed E-state index contributed by atoms with van der Waals surface area (Å²) in [6.45, 7) is 1.94. The van der Waals surface area contributed by atoms with E-state index in [4.69, 9.17) is 11.6 Å². The Morgan fingerprint density at radius 2 is 2.23 bits per heavy atom. The molecule has 0 atom stereocenters. The van der Waals surface area contributed by atoms with Crippen LogP contribution >= 0.6 is 11.6 Å². The Bertz CT molecular complexity index is 449. The fourth-order valence-corrected chi connectivity index (χ4v) is 1.40. The maximum atomic E-state index is 5.76. The molecule has 0 bridgehead atoms. The molecule has 0 radical (unpaired) electrons. The van der Waals surface area contributed by atoms with Gasteiger partial charge in [0.15, 0.2) is 5.65 Å². The molecule has 0 aliphatic carbocycles. The van der Waals surface area contributed by atoms with Gasteiger partial charge in [0.25, 0.3) is 0 Å². The van der Waals surface area contributed by atoms with Gasteiger partial charge in [-0.15, -0.1) is 0 Å². The summed E-state index contributed by atoms with van der Waals surface area (Å²) in [6, 6.07) is 3.56. The summed E-state index contributed by atoms with van der Waals surface area (Å²) in [4.78, 5) is 4.30. The highest BCUT2D eigenvalue weighted by atomic mass is 35.5. The normalized spacial score (nSPS) is 10.7. The van der Waals surface area contributed by atoms with Crippen LogP contribution in [0.1, 0.15) is 5.69 Å². The molecule has 68 valence electrons. The molecule has 0 saturated carbocycles. The topological polar surface area (TPSA) is 42.2 Å². The van der Waals surface area contributed by atoms with Crippen molar-refractivity contribution in [1.82, 2.24) is 14.6 Å². The molecule has 2 aromatic rings. The van der Waals surface area contributed by atoms with Gasteiger partial charge in [-0.05, 0) is 19.1 Å². The average molecular weight is 197 g/mol. The number of aromatic nitrogens is 3. The van der Waals surface area contributed by atoms with Crippen LogP contribution in [0.5, 0.6) is 0 Å². The molecule has 0 saturated heterocycles. The molecule has 0 amide bonds. The van der Waals surface area contributed by atoms with E-state index in [9.17, 15) is 0 Å². The fraction of sp³-hybridized carbons (Fsp3) is 0.250. The van der Waals surface area contributed by atoms with E-state index in [1.54, 1.807) is 10.6 Å². The Morgan fingerprint density at radius 1 is 1.46 bits per heavy atom. The fourth-order valence-electron chi connectivity index (χ4n) is 1.26. The molecule has 4 nitrogen and oxygen atoms in total. The molecule has 0 spiro atoms. The number of nitrogens with one attached hydrogen (secondary N) is 1. The van der Waals surface area contributed by atoms with Crippen molar-refractivity contribution in [2.24, 2.45) is 0 Å². The first-order valence-electron chi connectivity index (χ1n) is 3.92. The molecule has 2 aromatic heterocycles. The molecule has 1 N–H and O–H groups in total. The van der Waals surface area contributed by atoms with E-state index >= 15 is 0 Å². The van der Waals surface area contributed by atoms with Gasteiger partial charge in [0.2, 0.25) is 0 Å². The predicted octanol–water partition coefficient (Wildman–Crippen LogP) is 1.73. The molecular formula is C8H9ClN4. The third kappa shape index (κ3) is 1.23. The third-order valence-electron chi connectivity index (χ3n) is 1.91. The molecule has 0 fully saturated rings. The Hall–Kier alpha value is -1.29. The maximum absolute atomic E-state index is 5.76. The summed E-state index contributed by atoms with van der Waals surface area (Å²) in [5.74, 6) is 0.828. The second kappa shape index (κ2) is 2.88. The van der Waals surface area contributed by atoms with Crippen molar-refractivity contribution in [3.05, 3.63) is 23.0 Å². The van der Waals surface area contributed by atoms with E-state index in [1.165, 1.54) is 0 Å². The second-order valence-corrected chi connectivity index (χ2v) is 3.11. The Balaban J connectivity index is 2.77. The predicted molar refractivity (Wildman–Crippen MR) is 52.3 cm³/mol. The Kier molecular flexibility index (Phi) is 1.84. The van der Waals surface area contributed by atoms with Crippen LogP contribution in [0.3, 0.4) is 0 Å². The van der Waals surface area contributed by atoms with Gasteiger partial charge in [-0.25, -0.2) is 9.50 Å². The van der Waals surface area contributed by atoms with Crippen LogP contribution in [-0.2, 0) is 0 Å². The SMILES string of the molecule is CNc1nc2ccc(Cl)nn2c1C. The second-order valence-electron chi connectivity index (χ2n) is 2.72. The van der Waals surface area contributed by atoms with E-state index in [-0.39, 0.29) is 0 Å². The number of hydrogen-bond donors (Lipinski definition) is 1. The molecule has 13 heavy (non-hydrogen) atoms. The lowest BCUT2D eigenvalue weighted by atomic mass is 10.5. The Morgan fingerprint density at radius 3 is 2.92 bits per heavy atom. The number of halogens is 1. The molecule has 0 aliphatic rings. The van der Waals surface area contributed by atoms with E-state index in [1.807, 2.05) is 20.0 Å². The standard InChI is InChI=1S/C8H9ClN4/c1-5-8(10-2)11-7-4-3-6(9)12-13(5)7/h3-4,10H,1-2H3. The minimum absolute atomic E-state index is 0.468. The van der Waals surface area contributed by atoms with Crippen molar-refractivity contribution in [3.63, 3.8) is 0 Å². The van der Waals surface area contributed by atoms with Gasteiger partial charge in [0.05, 0.1) is 5.69 Å². The quantitative estimate of drug-likeness (QED) is 0.756. The van der Waals surface area contributed by atoms with Crippen molar-refractivity contribution in [2.45, 2.75) is 6.92 Å². The molecular weight excluding hydrogens is 188 g/mol. The van der Waals surface area contributed by atoms with Crippen LogP contribution in [0.2, 0.25) is 5.15 Å². The van der Waals surface area contributed by atoms with Crippen molar-refractivity contribution in [3.8, 4) is 0 Å². The van der Waals surface area contributed by atoms with Crippen LogP contribution in [0, 0.1) is 6.92 Å². The van der Waals surface area contributed by atoms with Gasteiger partial charge in [0, 0.05) is 7.05 Å². The zero-order valence-corrected chi connectivity index (χ0v) is 8.13. The molecule has 0 aliphatic heterocycles. The van der Waals surface area contributed by atoms with Crippen LogP contribution in [0.4, 0.5) is 5.82 Å². The van der Waals surface area contributed by atoms with Crippen LogP contribution in [0.15, 0.2) is 12.1 Å². The number of fused-ring (bicyclic) bond motifs is 1. The lowest BCUT2D eigenvalue weighted by molar-refractivity contribution is 0.900. The summed E-state index contributed by atoms with van der Waals surface area (Å²) in [5.41, 5.74) is 1.76. The lowest BCUT2D eigenvalue weighted by Gasteiger charge is -1.95. The first-order valence-corrected chi connectivity index (χ1v) is 4.30. The maximum Gasteiger partial charge on any atom is 0.156 e. The average Bonchev–Trinajstić information content (AvgIpc) is 2.44. The van der Waals surface area contributed by atoms with E-state index < -0.39 is 0 Å². The van der Waals surface area contributed by atoms with Gasteiger partial charge < -0.3 is 5.32 Å². The van der Waals surface area contributed by atoms with Crippen molar-refractivity contribution in [2.75, 3.05) is 12.4 Å².